The Bertz CT molecular complexity index is 469. The zero-order chi connectivity index (χ0) is 14.8. The Kier molecular flexibility index (Phi) is 4.62. The molecule has 0 aliphatic carbocycles. The molecule has 3 rings (SSSR count). The van der Waals surface area contributed by atoms with Gasteiger partial charge in [0.15, 0.2) is 0 Å². The third-order valence-corrected chi connectivity index (χ3v) is 4.87. The largest absolute Gasteiger partial charge is 0.303 e. The van der Waals surface area contributed by atoms with Gasteiger partial charge >= 0.3 is 0 Å². The van der Waals surface area contributed by atoms with Gasteiger partial charge in [-0.3, -0.25) is 14.5 Å². The van der Waals surface area contributed by atoms with Crippen LogP contribution < -0.4 is 0 Å². The number of rotatable bonds is 4. The highest BCUT2D eigenvalue weighted by molar-refractivity contribution is 5.15. The molecule has 0 N–H and O–H groups in total. The molecule has 5 heteroatoms. The molecule has 0 radical (unpaired) electrons. The maximum atomic E-state index is 4.63. The number of aromatic nitrogens is 2. The van der Waals surface area contributed by atoms with Crippen molar-refractivity contribution in [1.29, 1.82) is 0 Å². The highest BCUT2D eigenvalue weighted by Crippen LogP contribution is 2.18. The Morgan fingerprint density at radius 1 is 1.19 bits per heavy atom. The molecular weight excluding hydrogens is 262 g/mol. The number of fused-ring (bicyclic) bond motifs is 1. The van der Waals surface area contributed by atoms with Crippen LogP contribution in [0.1, 0.15) is 24.6 Å². The van der Waals surface area contributed by atoms with Crippen LogP contribution in [0.2, 0.25) is 0 Å². The molecule has 1 atom stereocenters. The lowest BCUT2D eigenvalue weighted by Crippen LogP contribution is -2.61. The fourth-order valence-electron chi connectivity index (χ4n) is 3.62. The highest BCUT2D eigenvalue weighted by atomic mass is 15.3. The number of piperazine rings is 2. The Morgan fingerprint density at radius 3 is 2.81 bits per heavy atom. The standard InChI is InChI=1S/C16H29N5/c1-4-5-21-11-15(14(2)17-21)10-19-7-9-20-8-6-18(3)12-16(20)13-19/h11,16H,4-10,12-13H2,1-3H3/t16-/m0/s1. The first-order valence-electron chi connectivity index (χ1n) is 8.33. The van der Waals surface area contributed by atoms with Crippen LogP contribution in [0.3, 0.4) is 0 Å². The van der Waals surface area contributed by atoms with Crippen LogP contribution in [0.5, 0.6) is 0 Å². The normalized spacial score (nSPS) is 25.2. The average Bonchev–Trinajstić information content (AvgIpc) is 2.79. The summed E-state index contributed by atoms with van der Waals surface area (Å²) in [5.41, 5.74) is 2.60. The van der Waals surface area contributed by atoms with Crippen LogP contribution in [0, 0.1) is 6.92 Å². The first-order valence-corrected chi connectivity index (χ1v) is 8.33. The molecule has 2 aliphatic heterocycles. The van der Waals surface area contributed by atoms with E-state index in [0.29, 0.717) is 6.04 Å². The van der Waals surface area contributed by atoms with Gasteiger partial charge in [-0.1, -0.05) is 6.92 Å². The lowest BCUT2D eigenvalue weighted by Gasteiger charge is -2.46. The predicted molar refractivity (Wildman–Crippen MR) is 85.4 cm³/mol. The van der Waals surface area contributed by atoms with Gasteiger partial charge in [0.1, 0.15) is 0 Å². The first kappa shape index (κ1) is 15.0. The number of hydrogen-bond donors (Lipinski definition) is 0. The van der Waals surface area contributed by atoms with E-state index in [-0.39, 0.29) is 0 Å². The van der Waals surface area contributed by atoms with Crippen molar-refractivity contribution in [1.82, 2.24) is 24.5 Å². The lowest BCUT2D eigenvalue weighted by atomic mass is 10.1. The maximum absolute atomic E-state index is 4.63. The van der Waals surface area contributed by atoms with E-state index < -0.39 is 0 Å². The molecule has 21 heavy (non-hydrogen) atoms. The van der Waals surface area contributed by atoms with Gasteiger partial charge in [-0.05, 0) is 20.4 Å². The molecule has 0 aromatic carbocycles. The van der Waals surface area contributed by atoms with Crippen LogP contribution in [-0.4, -0.2) is 76.8 Å². The van der Waals surface area contributed by atoms with Crippen molar-refractivity contribution < 1.29 is 0 Å². The summed E-state index contributed by atoms with van der Waals surface area (Å²) < 4.78 is 2.11. The van der Waals surface area contributed by atoms with Crippen molar-refractivity contribution in [2.24, 2.45) is 0 Å². The van der Waals surface area contributed by atoms with Crippen LogP contribution in [0.4, 0.5) is 0 Å². The van der Waals surface area contributed by atoms with Crippen LogP contribution >= 0.6 is 0 Å². The van der Waals surface area contributed by atoms with E-state index in [2.05, 4.69) is 51.6 Å². The summed E-state index contributed by atoms with van der Waals surface area (Å²) in [7, 11) is 2.25. The van der Waals surface area contributed by atoms with Gasteiger partial charge in [0.25, 0.3) is 0 Å². The molecule has 0 spiro atoms. The monoisotopic (exact) mass is 291 g/mol. The van der Waals surface area contributed by atoms with Crippen molar-refractivity contribution in [3.05, 3.63) is 17.5 Å². The van der Waals surface area contributed by atoms with E-state index in [4.69, 9.17) is 0 Å². The number of likely N-dealkylation sites (N-methyl/N-ethyl adjacent to an activating group) is 1. The lowest BCUT2D eigenvalue weighted by molar-refractivity contribution is 0.0174. The molecule has 3 heterocycles. The molecule has 0 saturated carbocycles. The van der Waals surface area contributed by atoms with Gasteiger partial charge in [0.2, 0.25) is 0 Å². The summed E-state index contributed by atoms with van der Waals surface area (Å²) >= 11 is 0. The molecule has 2 aliphatic rings. The summed E-state index contributed by atoms with van der Waals surface area (Å²) in [6.45, 7) is 13.7. The van der Waals surface area contributed by atoms with Gasteiger partial charge in [0.05, 0.1) is 5.69 Å². The molecule has 118 valence electrons. The Morgan fingerprint density at radius 2 is 2.00 bits per heavy atom. The fourth-order valence-corrected chi connectivity index (χ4v) is 3.62. The minimum absolute atomic E-state index is 0.712. The predicted octanol–water partition coefficient (Wildman–Crippen LogP) is 1.03. The zero-order valence-corrected chi connectivity index (χ0v) is 13.8. The minimum atomic E-state index is 0.712. The Hall–Kier alpha value is -0.910. The quantitative estimate of drug-likeness (QED) is 0.828. The third-order valence-electron chi connectivity index (χ3n) is 4.87. The van der Waals surface area contributed by atoms with E-state index in [9.17, 15) is 0 Å². The summed E-state index contributed by atoms with van der Waals surface area (Å²) in [5, 5.41) is 4.63. The molecule has 0 bridgehead atoms. The van der Waals surface area contributed by atoms with E-state index in [1.165, 1.54) is 50.5 Å². The summed E-state index contributed by atoms with van der Waals surface area (Å²) in [6.07, 6.45) is 3.39. The SMILES string of the molecule is CCCn1cc(CN2CCN3CCN(C)C[C@H]3C2)c(C)n1. The number of aryl methyl sites for hydroxylation is 2. The molecule has 1 aromatic heterocycles. The van der Waals surface area contributed by atoms with Gasteiger partial charge in [0, 0.05) is 70.2 Å². The van der Waals surface area contributed by atoms with Gasteiger partial charge in [-0.15, -0.1) is 0 Å². The Balaban J connectivity index is 1.60. The molecule has 0 amide bonds. The van der Waals surface area contributed by atoms with Crippen molar-refractivity contribution in [3.8, 4) is 0 Å². The van der Waals surface area contributed by atoms with Crippen LogP contribution in [-0.2, 0) is 13.1 Å². The molecule has 1 aromatic rings. The average molecular weight is 291 g/mol. The van der Waals surface area contributed by atoms with Gasteiger partial charge in [-0.25, -0.2) is 0 Å². The second-order valence-electron chi connectivity index (χ2n) is 6.69. The molecule has 0 unspecified atom stereocenters. The molecule has 5 nitrogen and oxygen atoms in total. The minimum Gasteiger partial charge on any atom is -0.303 e. The zero-order valence-electron chi connectivity index (χ0n) is 13.8. The van der Waals surface area contributed by atoms with Crippen molar-refractivity contribution in [3.63, 3.8) is 0 Å². The van der Waals surface area contributed by atoms with Gasteiger partial charge in [-0.2, -0.15) is 5.10 Å². The second-order valence-corrected chi connectivity index (χ2v) is 6.69. The highest BCUT2D eigenvalue weighted by Gasteiger charge is 2.30. The number of hydrogen-bond acceptors (Lipinski definition) is 4. The molecular formula is C16H29N5. The van der Waals surface area contributed by atoms with Crippen molar-refractivity contribution in [2.75, 3.05) is 46.3 Å². The van der Waals surface area contributed by atoms with Crippen LogP contribution in [0.15, 0.2) is 6.20 Å². The summed E-state index contributed by atoms with van der Waals surface area (Å²) in [6, 6.07) is 0.712. The summed E-state index contributed by atoms with van der Waals surface area (Å²) in [4.78, 5) is 7.75. The summed E-state index contributed by atoms with van der Waals surface area (Å²) in [5.74, 6) is 0. The van der Waals surface area contributed by atoms with Crippen LogP contribution in [0.25, 0.3) is 0 Å². The van der Waals surface area contributed by atoms with Crippen molar-refractivity contribution in [2.45, 2.75) is 39.4 Å². The van der Waals surface area contributed by atoms with E-state index >= 15 is 0 Å². The molecule has 2 saturated heterocycles. The third kappa shape index (κ3) is 3.47. The molecule has 2 fully saturated rings. The Labute approximate surface area is 128 Å². The smallest absolute Gasteiger partial charge is 0.0638 e. The first-order chi connectivity index (χ1) is 10.2. The second kappa shape index (κ2) is 6.46. The maximum Gasteiger partial charge on any atom is 0.0638 e. The van der Waals surface area contributed by atoms with Gasteiger partial charge < -0.3 is 4.90 Å². The van der Waals surface area contributed by atoms with E-state index in [0.717, 1.165) is 19.5 Å². The van der Waals surface area contributed by atoms with E-state index in [1.807, 2.05) is 0 Å². The van der Waals surface area contributed by atoms with Crippen molar-refractivity contribution >= 4 is 0 Å². The fraction of sp³-hybridized carbons (Fsp3) is 0.812. The number of nitrogens with zero attached hydrogens (tertiary/aromatic N) is 5. The topological polar surface area (TPSA) is 27.5 Å². The van der Waals surface area contributed by atoms with E-state index in [1.54, 1.807) is 0 Å².